The molecule has 1 aliphatic heterocycles. The topological polar surface area (TPSA) is 117 Å². The number of carbonyl (C=O) groups is 1. The summed E-state index contributed by atoms with van der Waals surface area (Å²) < 4.78 is 54.8. The van der Waals surface area contributed by atoms with Gasteiger partial charge in [0.05, 0.1) is 11.3 Å². The molecule has 0 amide bonds. The largest absolute Gasteiger partial charge is 0.382 e. The first-order valence-electron chi connectivity index (χ1n) is 11.5. The molecule has 2 aromatic rings. The van der Waals surface area contributed by atoms with Crippen LogP contribution in [0.15, 0.2) is 18.2 Å². The first-order valence-corrected chi connectivity index (χ1v) is 13.9. The molecule has 4 rings (SSSR count). The average molecular weight is 514 g/mol. The first-order chi connectivity index (χ1) is 16.2. The zero-order chi connectivity index (χ0) is 24.3. The molecule has 1 aromatic heterocycles. The van der Waals surface area contributed by atoms with E-state index in [0.717, 1.165) is 23.5 Å². The number of rotatable bonds is 10. The number of thiazole rings is 1. The number of nitrogens with zero attached hydrogens (tertiary/aromatic N) is 2. The molecule has 2 heterocycles. The van der Waals surface area contributed by atoms with Gasteiger partial charge in [-0.25, -0.2) is 26.5 Å². The Hall–Kier alpha value is -2.15. The van der Waals surface area contributed by atoms with Gasteiger partial charge in [0, 0.05) is 25.2 Å². The van der Waals surface area contributed by atoms with Crippen molar-refractivity contribution in [3.8, 4) is 0 Å². The van der Waals surface area contributed by atoms with E-state index in [1.165, 1.54) is 29.6 Å². The zero-order valence-corrected chi connectivity index (χ0v) is 20.4. The fraction of sp³-hybridized carbons (Fsp3) is 0.545. The van der Waals surface area contributed by atoms with Crippen LogP contribution in [0.3, 0.4) is 0 Å². The third-order valence-electron chi connectivity index (χ3n) is 6.34. The van der Waals surface area contributed by atoms with Crippen molar-refractivity contribution in [2.24, 2.45) is 0 Å². The van der Waals surface area contributed by atoms with Gasteiger partial charge < -0.3 is 16.4 Å². The van der Waals surface area contributed by atoms with Crippen molar-refractivity contribution in [1.82, 2.24) is 14.6 Å². The maximum absolute atomic E-state index is 14.0. The van der Waals surface area contributed by atoms with Crippen LogP contribution >= 0.6 is 11.3 Å². The maximum Gasteiger partial charge on any atom is 0.214 e. The third kappa shape index (κ3) is 5.73. The van der Waals surface area contributed by atoms with Gasteiger partial charge in [-0.2, -0.15) is 0 Å². The summed E-state index contributed by atoms with van der Waals surface area (Å²) in [5.41, 5.74) is 5.19. The molecule has 186 valence electrons. The second-order valence-corrected chi connectivity index (χ2v) is 11.8. The number of sulfonamides is 1. The lowest BCUT2D eigenvalue weighted by Gasteiger charge is -2.31. The predicted molar refractivity (Wildman–Crippen MR) is 129 cm³/mol. The highest BCUT2D eigenvalue weighted by atomic mass is 32.2. The van der Waals surface area contributed by atoms with Gasteiger partial charge in [-0.15, -0.1) is 0 Å². The number of halogens is 2. The van der Waals surface area contributed by atoms with E-state index in [1.807, 2.05) is 0 Å². The lowest BCUT2D eigenvalue weighted by Crippen LogP contribution is -2.43. The van der Waals surface area contributed by atoms with Gasteiger partial charge in [0.15, 0.2) is 5.13 Å². The Morgan fingerprint density at radius 1 is 1.15 bits per heavy atom. The normalized spacial score (nSPS) is 18.1. The van der Waals surface area contributed by atoms with Crippen LogP contribution in [0.4, 0.5) is 19.7 Å². The number of ketones is 1. The molecule has 8 nitrogen and oxygen atoms in total. The molecule has 1 saturated carbocycles. The van der Waals surface area contributed by atoms with Crippen molar-refractivity contribution in [1.29, 1.82) is 0 Å². The lowest BCUT2D eigenvalue weighted by atomic mass is 9.93. The highest BCUT2D eigenvalue weighted by molar-refractivity contribution is 7.89. The molecule has 2 fully saturated rings. The summed E-state index contributed by atoms with van der Waals surface area (Å²) in [4.78, 5) is 16.7. The molecule has 1 aromatic carbocycles. The smallest absolute Gasteiger partial charge is 0.214 e. The van der Waals surface area contributed by atoms with Crippen LogP contribution in [0.1, 0.15) is 53.8 Å². The number of aromatic nitrogens is 1. The summed E-state index contributed by atoms with van der Waals surface area (Å²) in [6.45, 7) is 1.50. The molecule has 0 radical (unpaired) electrons. The molecule has 1 aliphatic carbocycles. The lowest BCUT2D eigenvalue weighted by molar-refractivity contribution is 0.103. The van der Waals surface area contributed by atoms with E-state index in [1.54, 1.807) is 0 Å². The van der Waals surface area contributed by atoms with Crippen LogP contribution in [0.5, 0.6) is 0 Å². The Morgan fingerprint density at radius 2 is 1.82 bits per heavy atom. The van der Waals surface area contributed by atoms with E-state index in [0.29, 0.717) is 50.1 Å². The maximum atomic E-state index is 14.0. The average Bonchev–Trinajstić information content (AvgIpc) is 3.12. The summed E-state index contributed by atoms with van der Waals surface area (Å²) in [5.74, 6) is -2.74. The second-order valence-electron chi connectivity index (χ2n) is 8.73. The van der Waals surface area contributed by atoms with E-state index < -0.39 is 33.0 Å². The van der Waals surface area contributed by atoms with Crippen molar-refractivity contribution in [2.45, 2.75) is 50.6 Å². The second kappa shape index (κ2) is 10.6. The molecular formula is C22H29F2N5O3S2. The van der Waals surface area contributed by atoms with E-state index in [9.17, 15) is 22.0 Å². The zero-order valence-electron chi connectivity index (χ0n) is 18.7. The van der Waals surface area contributed by atoms with Crippen LogP contribution in [-0.2, 0) is 10.0 Å². The number of nitrogens with two attached hydrogens (primary N) is 1. The number of nitrogens with one attached hydrogen (secondary N) is 2. The fourth-order valence-electron chi connectivity index (χ4n) is 4.14. The standard InChI is InChI=1S/C22H29F2N5O3S2/c23-16-6-2-7-17(24)18(16)19(30)20-21(25)28-22(33-20)27-15-8-11-29(12-9-15)34(31,32)13-3-10-26-14-4-1-5-14/h2,6-7,14-15,26H,1,3-5,8-13,25H2,(H,27,28). The molecule has 12 heteroatoms. The van der Waals surface area contributed by atoms with E-state index in [2.05, 4.69) is 15.6 Å². The van der Waals surface area contributed by atoms with Crippen molar-refractivity contribution in [3.63, 3.8) is 0 Å². The van der Waals surface area contributed by atoms with Crippen molar-refractivity contribution >= 4 is 38.1 Å². The van der Waals surface area contributed by atoms with Crippen molar-refractivity contribution < 1.29 is 22.0 Å². The Labute approximate surface area is 202 Å². The summed E-state index contributed by atoms with van der Waals surface area (Å²) in [5, 5.41) is 6.93. The number of nitrogen functional groups attached to an aromatic ring is 1. The number of carbonyl (C=O) groups excluding carboxylic acids is 1. The molecule has 0 atom stereocenters. The predicted octanol–water partition coefficient (Wildman–Crippen LogP) is 2.97. The Balaban J connectivity index is 1.29. The number of anilines is 2. The van der Waals surface area contributed by atoms with Gasteiger partial charge in [-0.3, -0.25) is 4.79 Å². The number of piperidine rings is 1. The van der Waals surface area contributed by atoms with E-state index in [4.69, 9.17) is 5.73 Å². The molecular weight excluding hydrogens is 484 g/mol. The van der Waals surface area contributed by atoms with Gasteiger partial charge in [0.2, 0.25) is 15.8 Å². The third-order valence-corrected chi connectivity index (χ3v) is 9.30. The van der Waals surface area contributed by atoms with Gasteiger partial charge >= 0.3 is 0 Å². The fourth-order valence-corrected chi connectivity index (χ4v) is 6.58. The molecule has 0 unspecified atom stereocenters. The van der Waals surface area contributed by atoms with Crippen LogP contribution in [0, 0.1) is 11.6 Å². The van der Waals surface area contributed by atoms with Gasteiger partial charge in [0.1, 0.15) is 22.3 Å². The highest BCUT2D eigenvalue weighted by Crippen LogP contribution is 2.30. The van der Waals surface area contributed by atoms with Gasteiger partial charge in [-0.05, 0) is 50.8 Å². The molecule has 0 spiro atoms. The minimum Gasteiger partial charge on any atom is -0.382 e. The number of hydrogen-bond donors (Lipinski definition) is 3. The van der Waals surface area contributed by atoms with Crippen LogP contribution in [0.2, 0.25) is 0 Å². The Bertz CT molecular complexity index is 1110. The Morgan fingerprint density at radius 3 is 2.44 bits per heavy atom. The highest BCUT2D eigenvalue weighted by Gasteiger charge is 2.29. The van der Waals surface area contributed by atoms with Crippen molar-refractivity contribution in [2.75, 3.05) is 36.4 Å². The van der Waals surface area contributed by atoms with Crippen LogP contribution in [-0.4, -0.2) is 61.0 Å². The molecule has 34 heavy (non-hydrogen) atoms. The first kappa shape index (κ1) is 25.0. The summed E-state index contributed by atoms with van der Waals surface area (Å²) in [6, 6.07) is 3.71. The quantitative estimate of drug-likeness (QED) is 0.330. The molecule has 2 aliphatic rings. The summed E-state index contributed by atoms with van der Waals surface area (Å²) >= 11 is 0.933. The number of hydrogen-bond acceptors (Lipinski definition) is 8. The minimum absolute atomic E-state index is 0.0398. The molecule has 1 saturated heterocycles. The number of benzene rings is 1. The van der Waals surface area contributed by atoms with E-state index >= 15 is 0 Å². The van der Waals surface area contributed by atoms with E-state index in [-0.39, 0.29) is 22.5 Å². The summed E-state index contributed by atoms with van der Waals surface area (Å²) in [7, 11) is -3.30. The summed E-state index contributed by atoms with van der Waals surface area (Å²) in [6.07, 6.45) is 5.33. The Kier molecular flexibility index (Phi) is 7.80. The monoisotopic (exact) mass is 513 g/mol. The van der Waals surface area contributed by atoms with Gasteiger partial charge in [-0.1, -0.05) is 23.8 Å². The minimum atomic E-state index is -3.30. The van der Waals surface area contributed by atoms with Crippen LogP contribution in [0.25, 0.3) is 0 Å². The molecule has 4 N–H and O–H groups in total. The van der Waals surface area contributed by atoms with Crippen LogP contribution < -0.4 is 16.4 Å². The van der Waals surface area contributed by atoms with Crippen molar-refractivity contribution in [3.05, 3.63) is 40.3 Å². The SMILES string of the molecule is Nc1nc(NC2CCN(S(=O)(=O)CCCNC3CCC3)CC2)sc1C(=O)c1c(F)cccc1F. The van der Waals surface area contributed by atoms with Gasteiger partial charge in [0.25, 0.3) is 0 Å². The molecule has 0 bridgehead atoms.